The van der Waals surface area contributed by atoms with Gasteiger partial charge in [0, 0.05) is 38.3 Å². The molecule has 154 valence electrons. The number of piperazine rings is 1. The third-order valence-corrected chi connectivity index (χ3v) is 5.83. The number of rotatable bonds is 8. The van der Waals surface area contributed by atoms with Gasteiger partial charge >= 0.3 is 0 Å². The summed E-state index contributed by atoms with van der Waals surface area (Å²) < 4.78 is 0. The molecule has 1 atom stereocenters. The van der Waals surface area contributed by atoms with E-state index in [2.05, 4.69) is 34.5 Å². The van der Waals surface area contributed by atoms with Crippen molar-refractivity contribution in [3.63, 3.8) is 0 Å². The maximum atomic E-state index is 13.1. The van der Waals surface area contributed by atoms with Gasteiger partial charge in [-0.2, -0.15) is 11.8 Å². The number of hydrogen-bond acceptors (Lipinski definition) is 4. The van der Waals surface area contributed by atoms with E-state index in [9.17, 15) is 9.59 Å². The minimum atomic E-state index is -0.476. The van der Waals surface area contributed by atoms with Crippen molar-refractivity contribution in [2.75, 3.05) is 38.2 Å². The summed E-state index contributed by atoms with van der Waals surface area (Å²) in [6.45, 7) is 4.00. The van der Waals surface area contributed by atoms with Gasteiger partial charge in [-0.05, 0) is 36.1 Å². The van der Waals surface area contributed by atoms with Crippen LogP contribution in [0.2, 0.25) is 0 Å². The van der Waals surface area contributed by atoms with E-state index in [1.807, 2.05) is 35.4 Å². The van der Waals surface area contributed by atoms with Gasteiger partial charge in [0.25, 0.3) is 5.91 Å². The molecular formula is C23H29N3O2S. The average molecular weight is 412 g/mol. The highest BCUT2D eigenvalue weighted by Crippen LogP contribution is 2.12. The van der Waals surface area contributed by atoms with Gasteiger partial charge in [0.05, 0.1) is 0 Å². The van der Waals surface area contributed by atoms with Crippen molar-refractivity contribution in [1.82, 2.24) is 15.1 Å². The summed E-state index contributed by atoms with van der Waals surface area (Å²) in [6.07, 6.45) is 2.66. The van der Waals surface area contributed by atoms with Gasteiger partial charge < -0.3 is 10.2 Å². The zero-order chi connectivity index (χ0) is 20.5. The second kappa shape index (κ2) is 11.0. The number of hydrogen-bond donors (Lipinski definition) is 1. The predicted octanol–water partition coefficient (Wildman–Crippen LogP) is 2.88. The molecule has 0 bridgehead atoms. The van der Waals surface area contributed by atoms with E-state index >= 15 is 0 Å². The fourth-order valence-corrected chi connectivity index (χ4v) is 3.98. The Kier molecular flexibility index (Phi) is 8.14. The van der Waals surface area contributed by atoms with E-state index in [4.69, 9.17) is 0 Å². The van der Waals surface area contributed by atoms with Gasteiger partial charge in [0.15, 0.2) is 0 Å². The van der Waals surface area contributed by atoms with Crippen LogP contribution in [0.5, 0.6) is 0 Å². The Morgan fingerprint density at radius 1 is 0.966 bits per heavy atom. The van der Waals surface area contributed by atoms with Gasteiger partial charge in [-0.25, -0.2) is 0 Å². The molecule has 1 heterocycles. The third-order valence-electron chi connectivity index (χ3n) is 5.18. The normalized spacial score (nSPS) is 15.7. The van der Waals surface area contributed by atoms with Crippen LogP contribution in [0.25, 0.3) is 0 Å². The van der Waals surface area contributed by atoms with Gasteiger partial charge in [-0.1, -0.05) is 48.5 Å². The summed E-state index contributed by atoms with van der Waals surface area (Å²) in [6, 6.07) is 19.0. The maximum Gasteiger partial charge on any atom is 0.251 e. The molecule has 0 aromatic heterocycles. The lowest BCUT2D eigenvalue weighted by molar-refractivity contribution is -0.135. The van der Waals surface area contributed by atoms with Crippen molar-refractivity contribution in [2.24, 2.45) is 0 Å². The van der Waals surface area contributed by atoms with E-state index < -0.39 is 6.04 Å². The Bertz CT molecular complexity index is 777. The van der Waals surface area contributed by atoms with Crippen molar-refractivity contribution in [1.29, 1.82) is 0 Å². The number of carbonyl (C=O) groups excluding carboxylic acids is 2. The first-order valence-electron chi connectivity index (χ1n) is 10.1. The van der Waals surface area contributed by atoms with Gasteiger partial charge in [-0.3, -0.25) is 14.5 Å². The molecule has 1 fully saturated rings. The summed E-state index contributed by atoms with van der Waals surface area (Å²) in [5, 5.41) is 2.96. The van der Waals surface area contributed by atoms with Crippen LogP contribution in [0, 0.1) is 0 Å². The second-order valence-electron chi connectivity index (χ2n) is 7.26. The van der Waals surface area contributed by atoms with E-state index in [-0.39, 0.29) is 11.8 Å². The molecule has 1 aliphatic heterocycles. The molecule has 0 saturated carbocycles. The Morgan fingerprint density at radius 3 is 2.21 bits per heavy atom. The summed E-state index contributed by atoms with van der Waals surface area (Å²) in [5.41, 5.74) is 1.88. The van der Waals surface area contributed by atoms with Crippen LogP contribution in [-0.4, -0.2) is 65.8 Å². The molecule has 1 N–H and O–H groups in total. The number of amides is 2. The molecule has 29 heavy (non-hydrogen) atoms. The average Bonchev–Trinajstić information content (AvgIpc) is 2.78. The molecule has 0 spiro atoms. The lowest BCUT2D eigenvalue weighted by atomic mass is 10.1. The molecule has 0 aliphatic carbocycles. The SMILES string of the molecule is CSCC[C@H](NC(=O)c1ccccc1)C(=O)N1CCN(Cc2ccccc2)CC1. The highest BCUT2D eigenvalue weighted by Gasteiger charge is 2.28. The topological polar surface area (TPSA) is 52.7 Å². The quantitative estimate of drug-likeness (QED) is 0.726. The zero-order valence-electron chi connectivity index (χ0n) is 16.9. The number of carbonyl (C=O) groups is 2. The van der Waals surface area contributed by atoms with Crippen LogP contribution in [0.4, 0.5) is 0 Å². The molecule has 0 unspecified atom stereocenters. The van der Waals surface area contributed by atoms with Crippen molar-refractivity contribution in [2.45, 2.75) is 19.0 Å². The highest BCUT2D eigenvalue weighted by atomic mass is 32.2. The first-order chi connectivity index (χ1) is 14.2. The fraction of sp³-hybridized carbons (Fsp3) is 0.391. The van der Waals surface area contributed by atoms with Crippen LogP contribution in [0.15, 0.2) is 60.7 Å². The molecule has 1 saturated heterocycles. The highest BCUT2D eigenvalue weighted by molar-refractivity contribution is 7.98. The second-order valence-corrected chi connectivity index (χ2v) is 8.25. The molecule has 3 rings (SSSR count). The zero-order valence-corrected chi connectivity index (χ0v) is 17.7. The van der Waals surface area contributed by atoms with E-state index in [1.165, 1.54) is 5.56 Å². The fourth-order valence-electron chi connectivity index (χ4n) is 3.51. The van der Waals surface area contributed by atoms with E-state index in [0.29, 0.717) is 25.1 Å². The standard InChI is InChI=1S/C23H29N3O2S/c1-29-17-12-21(24-22(27)20-10-6-3-7-11-20)23(28)26-15-13-25(14-16-26)18-19-8-4-2-5-9-19/h2-11,21H,12-18H2,1H3,(H,24,27)/t21-/m0/s1. The summed E-state index contributed by atoms with van der Waals surface area (Å²) in [5.74, 6) is 0.676. The van der Waals surface area contributed by atoms with Crippen LogP contribution >= 0.6 is 11.8 Å². The Morgan fingerprint density at radius 2 is 1.59 bits per heavy atom. The first-order valence-corrected chi connectivity index (χ1v) is 11.5. The summed E-state index contributed by atoms with van der Waals surface area (Å²) >= 11 is 1.69. The molecule has 5 nitrogen and oxygen atoms in total. The Hall–Kier alpha value is -2.31. The number of thioether (sulfide) groups is 1. The van der Waals surface area contributed by atoms with Gasteiger partial charge in [0.1, 0.15) is 6.04 Å². The van der Waals surface area contributed by atoms with Crippen LogP contribution in [-0.2, 0) is 11.3 Å². The van der Waals surface area contributed by atoms with Crippen LogP contribution in [0.3, 0.4) is 0 Å². The van der Waals surface area contributed by atoms with Crippen molar-refractivity contribution >= 4 is 23.6 Å². The summed E-state index contributed by atoms with van der Waals surface area (Å²) in [4.78, 5) is 30.0. The largest absolute Gasteiger partial charge is 0.340 e. The Labute approximate surface area is 177 Å². The molecule has 6 heteroatoms. The lowest BCUT2D eigenvalue weighted by Gasteiger charge is -2.36. The number of nitrogens with zero attached hydrogens (tertiary/aromatic N) is 2. The van der Waals surface area contributed by atoms with E-state index in [1.54, 1.807) is 23.9 Å². The monoisotopic (exact) mass is 411 g/mol. The summed E-state index contributed by atoms with van der Waals surface area (Å²) in [7, 11) is 0. The third kappa shape index (κ3) is 6.34. The molecule has 0 radical (unpaired) electrons. The van der Waals surface area contributed by atoms with Crippen molar-refractivity contribution in [3.05, 3.63) is 71.8 Å². The first kappa shape index (κ1) is 21.4. The van der Waals surface area contributed by atoms with Crippen LogP contribution in [0.1, 0.15) is 22.3 Å². The van der Waals surface area contributed by atoms with Crippen molar-refractivity contribution in [3.8, 4) is 0 Å². The van der Waals surface area contributed by atoms with Crippen LogP contribution < -0.4 is 5.32 Å². The smallest absolute Gasteiger partial charge is 0.251 e. The Balaban J connectivity index is 1.56. The maximum absolute atomic E-state index is 13.1. The lowest BCUT2D eigenvalue weighted by Crippen LogP contribution is -2.54. The molecule has 2 aromatic rings. The van der Waals surface area contributed by atoms with Gasteiger partial charge in [-0.15, -0.1) is 0 Å². The minimum Gasteiger partial charge on any atom is -0.340 e. The van der Waals surface area contributed by atoms with Crippen molar-refractivity contribution < 1.29 is 9.59 Å². The molecule has 2 amide bonds. The number of nitrogens with one attached hydrogen (secondary N) is 1. The molecular weight excluding hydrogens is 382 g/mol. The predicted molar refractivity (Wildman–Crippen MR) is 119 cm³/mol. The van der Waals surface area contributed by atoms with E-state index in [0.717, 1.165) is 25.4 Å². The minimum absolute atomic E-state index is 0.0303. The molecule has 1 aliphatic rings. The number of benzene rings is 2. The molecule has 2 aromatic carbocycles. The van der Waals surface area contributed by atoms with Gasteiger partial charge in [0.2, 0.25) is 5.91 Å².